The molecule has 0 radical (unpaired) electrons. The zero-order chi connectivity index (χ0) is 10.2. The Morgan fingerprint density at radius 3 is 2.71 bits per heavy atom. The fourth-order valence-electron chi connectivity index (χ4n) is 2.17. The van der Waals surface area contributed by atoms with Crippen molar-refractivity contribution in [2.45, 2.75) is 37.4 Å². The number of hydrogen-bond acceptors (Lipinski definition) is 2. The van der Waals surface area contributed by atoms with E-state index in [1.165, 1.54) is 0 Å². The summed E-state index contributed by atoms with van der Waals surface area (Å²) in [7, 11) is 1.78. The van der Waals surface area contributed by atoms with Crippen molar-refractivity contribution in [2.75, 3.05) is 0 Å². The van der Waals surface area contributed by atoms with Crippen molar-refractivity contribution in [3.8, 4) is 0 Å². The van der Waals surface area contributed by atoms with E-state index in [4.69, 9.17) is 5.73 Å². The normalized spacial score (nSPS) is 33.2. The van der Waals surface area contributed by atoms with E-state index in [-0.39, 0.29) is 6.04 Å². The van der Waals surface area contributed by atoms with Crippen LogP contribution in [0.3, 0.4) is 0 Å². The molecule has 1 saturated carbocycles. The summed E-state index contributed by atoms with van der Waals surface area (Å²) >= 11 is 0. The predicted molar refractivity (Wildman–Crippen MR) is 52.4 cm³/mol. The molecule has 14 heavy (non-hydrogen) atoms. The average Bonchev–Trinajstić information content (AvgIpc) is 2.58. The summed E-state index contributed by atoms with van der Waals surface area (Å²) in [6, 6.07) is 1.93. The number of nitrogens with zero attached hydrogens (tertiary/aromatic N) is 2. The molecule has 2 N–H and O–H groups in total. The van der Waals surface area contributed by atoms with Gasteiger partial charge in [0.15, 0.2) is 5.67 Å². The van der Waals surface area contributed by atoms with E-state index in [1.54, 1.807) is 24.0 Å². The number of halogens is 1. The first-order chi connectivity index (χ1) is 6.62. The van der Waals surface area contributed by atoms with Gasteiger partial charge < -0.3 is 5.73 Å². The highest BCUT2D eigenvalue weighted by Crippen LogP contribution is 2.39. The Balaban J connectivity index is 2.21. The second kappa shape index (κ2) is 3.35. The highest BCUT2D eigenvalue weighted by Gasteiger charge is 2.38. The third kappa shape index (κ3) is 1.54. The first-order valence-electron chi connectivity index (χ1n) is 5.05. The molecule has 1 aromatic rings. The van der Waals surface area contributed by atoms with Gasteiger partial charge in [-0.05, 0) is 31.7 Å². The Labute approximate surface area is 83.1 Å². The van der Waals surface area contributed by atoms with Crippen molar-refractivity contribution < 1.29 is 4.39 Å². The predicted octanol–water partition coefficient (Wildman–Crippen LogP) is 1.49. The van der Waals surface area contributed by atoms with Gasteiger partial charge >= 0.3 is 0 Å². The summed E-state index contributed by atoms with van der Waals surface area (Å²) in [6.07, 6.45) is 4.22. The van der Waals surface area contributed by atoms with Crippen LogP contribution in [0.4, 0.5) is 4.39 Å². The average molecular weight is 197 g/mol. The summed E-state index contributed by atoms with van der Waals surface area (Å²) in [5.41, 5.74) is 5.24. The monoisotopic (exact) mass is 197 g/mol. The molecular formula is C10H16FN3. The maximum absolute atomic E-state index is 14.5. The van der Waals surface area contributed by atoms with Crippen LogP contribution >= 0.6 is 0 Å². The standard InChI is InChI=1S/C10H16FN3/c1-14-9(4-7-13-14)10(11)5-2-8(12)3-6-10/h4,7-8H,2-3,5-6,12H2,1H3. The molecule has 2 rings (SSSR count). The molecule has 0 aromatic carbocycles. The molecule has 1 aliphatic rings. The first kappa shape index (κ1) is 9.65. The molecule has 0 atom stereocenters. The lowest BCUT2D eigenvalue weighted by Crippen LogP contribution is -2.35. The molecule has 0 saturated heterocycles. The summed E-state index contributed by atoms with van der Waals surface area (Å²) in [5, 5.41) is 4.00. The van der Waals surface area contributed by atoms with Gasteiger partial charge in [-0.15, -0.1) is 0 Å². The minimum Gasteiger partial charge on any atom is -0.328 e. The Morgan fingerprint density at radius 1 is 1.57 bits per heavy atom. The molecular weight excluding hydrogens is 181 g/mol. The Kier molecular flexibility index (Phi) is 2.31. The zero-order valence-corrected chi connectivity index (χ0v) is 8.41. The molecule has 4 heteroatoms. The van der Waals surface area contributed by atoms with E-state index >= 15 is 0 Å². The molecule has 1 heterocycles. The van der Waals surface area contributed by atoms with Crippen LogP contribution in [0.25, 0.3) is 0 Å². The van der Waals surface area contributed by atoms with E-state index in [0.717, 1.165) is 12.8 Å². The number of aromatic nitrogens is 2. The largest absolute Gasteiger partial charge is 0.328 e. The first-order valence-corrected chi connectivity index (χ1v) is 5.05. The molecule has 0 unspecified atom stereocenters. The Morgan fingerprint density at radius 2 is 2.21 bits per heavy atom. The molecule has 0 aliphatic heterocycles. The molecule has 0 bridgehead atoms. The SMILES string of the molecule is Cn1nccc1C1(F)CCC(N)CC1. The van der Waals surface area contributed by atoms with E-state index in [2.05, 4.69) is 5.10 Å². The Hall–Kier alpha value is -0.900. The minimum atomic E-state index is -1.21. The van der Waals surface area contributed by atoms with Crippen molar-refractivity contribution in [3.63, 3.8) is 0 Å². The van der Waals surface area contributed by atoms with Gasteiger partial charge in [-0.2, -0.15) is 5.10 Å². The summed E-state index contributed by atoms with van der Waals surface area (Å²) in [6.45, 7) is 0. The highest BCUT2D eigenvalue weighted by molar-refractivity contribution is 5.13. The van der Waals surface area contributed by atoms with E-state index in [0.29, 0.717) is 18.5 Å². The maximum atomic E-state index is 14.5. The minimum absolute atomic E-state index is 0.173. The quantitative estimate of drug-likeness (QED) is 0.741. The number of alkyl halides is 1. The fraction of sp³-hybridized carbons (Fsp3) is 0.700. The van der Waals surface area contributed by atoms with E-state index in [9.17, 15) is 4.39 Å². The van der Waals surface area contributed by atoms with Gasteiger partial charge in [-0.3, -0.25) is 4.68 Å². The van der Waals surface area contributed by atoms with Crippen molar-refractivity contribution in [1.29, 1.82) is 0 Å². The molecule has 1 aliphatic carbocycles. The van der Waals surface area contributed by atoms with Gasteiger partial charge in [0, 0.05) is 19.3 Å². The van der Waals surface area contributed by atoms with Crippen LogP contribution in [0.2, 0.25) is 0 Å². The van der Waals surface area contributed by atoms with Crippen molar-refractivity contribution in [1.82, 2.24) is 9.78 Å². The molecule has 78 valence electrons. The third-order valence-corrected chi connectivity index (χ3v) is 3.10. The van der Waals surface area contributed by atoms with Crippen LogP contribution in [0.5, 0.6) is 0 Å². The van der Waals surface area contributed by atoms with Crippen molar-refractivity contribution >= 4 is 0 Å². The second-order valence-corrected chi connectivity index (χ2v) is 4.14. The van der Waals surface area contributed by atoms with E-state index in [1.807, 2.05) is 0 Å². The highest BCUT2D eigenvalue weighted by atomic mass is 19.1. The van der Waals surface area contributed by atoms with Crippen LogP contribution in [-0.2, 0) is 12.7 Å². The number of rotatable bonds is 1. The zero-order valence-electron chi connectivity index (χ0n) is 8.41. The lowest BCUT2D eigenvalue weighted by atomic mass is 9.82. The van der Waals surface area contributed by atoms with Crippen molar-refractivity contribution in [3.05, 3.63) is 18.0 Å². The van der Waals surface area contributed by atoms with Gasteiger partial charge in [0.1, 0.15) is 0 Å². The van der Waals surface area contributed by atoms with Crippen molar-refractivity contribution in [2.24, 2.45) is 12.8 Å². The van der Waals surface area contributed by atoms with Crippen LogP contribution in [-0.4, -0.2) is 15.8 Å². The van der Waals surface area contributed by atoms with Gasteiger partial charge in [-0.1, -0.05) is 0 Å². The molecule has 1 fully saturated rings. The number of aryl methyl sites for hydroxylation is 1. The lowest BCUT2D eigenvalue weighted by Gasteiger charge is -2.32. The second-order valence-electron chi connectivity index (χ2n) is 4.14. The summed E-state index contributed by atoms with van der Waals surface area (Å²) in [4.78, 5) is 0. The fourth-order valence-corrected chi connectivity index (χ4v) is 2.17. The summed E-state index contributed by atoms with van der Waals surface area (Å²) < 4.78 is 16.1. The van der Waals surface area contributed by atoms with Gasteiger partial charge in [-0.25, -0.2) is 4.39 Å². The van der Waals surface area contributed by atoms with Crippen LogP contribution in [0.15, 0.2) is 12.3 Å². The van der Waals surface area contributed by atoms with Crippen LogP contribution < -0.4 is 5.73 Å². The molecule has 1 aromatic heterocycles. The Bertz CT molecular complexity index is 313. The summed E-state index contributed by atoms with van der Waals surface area (Å²) in [5.74, 6) is 0. The van der Waals surface area contributed by atoms with Crippen LogP contribution in [0, 0.1) is 0 Å². The van der Waals surface area contributed by atoms with Gasteiger partial charge in [0.2, 0.25) is 0 Å². The lowest BCUT2D eigenvalue weighted by molar-refractivity contribution is 0.0883. The van der Waals surface area contributed by atoms with Crippen LogP contribution in [0.1, 0.15) is 31.4 Å². The molecule has 3 nitrogen and oxygen atoms in total. The van der Waals surface area contributed by atoms with E-state index < -0.39 is 5.67 Å². The topological polar surface area (TPSA) is 43.8 Å². The van der Waals surface area contributed by atoms with Gasteiger partial charge in [0.25, 0.3) is 0 Å². The molecule has 0 amide bonds. The number of hydrogen-bond donors (Lipinski definition) is 1. The number of nitrogens with two attached hydrogens (primary N) is 1. The third-order valence-electron chi connectivity index (χ3n) is 3.10. The molecule has 0 spiro atoms. The maximum Gasteiger partial charge on any atom is 0.152 e. The van der Waals surface area contributed by atoms with Gasteiger partial charge in [0.05, 0.1) is 5.69 Å². The smallest absolute Gasteiger partial charge is 0.152 e.